The van der Waals surface area contributed by atoms with Gasteiger partial charge in [-0.2, -0.15) is 0 Å². The second kappa shape index (κ2) is 12.4. The molecule has 0 aromatic heterocycles. The summed E-state index contributed by atoms with van der Waals surface area (Å²) in [5.74, 6) is 0.843. The number of methoxy groups -OCH3 is 2. The highest BCUT2D eigenvalue weighted by Gasteiger charge is 2.32. The van der Waals surface area contributed by atoms with Crippen LogP contribution in [-0.2, 0) is 14.3 Å². The zero-order valence-electron chi connectivity index (χ0n) is 20.0. The molecule has 7 nitrogen and oxygen atoms in total. The number of nitrogens with one attached hydrogen (secondary N) is 1. The Hall–Kier alpha value is -3.10. The molecule has 0 spiro atoms. The number of amides is 2. The number of hydrogen-bond acceptors (Lipinski definition) is 6. The van der Waals surface area contributed by atoms with Crippen molar-refractivity contribution in [3.63, 3.8) is 0 Å². The molecule has 0 saturated heterocycles. The SMILES string of the molecule is COCCCNC(=O)CSC1=N/C(=C\c2ccc(C(C)C)cc2)C(=O)N1c1cccc(OC)c1. The van der Waals surface area contributed by atoms with E-state index in [0.717, 1.165) is 12.0 Å². The van der Waals surface area contributed by atoms with Gasteiger partial charge in [0.25, 0.3) is 5.91 Å². The van der Waals surface area contributed by atoms with Crippen LogP contribution in [0.2, 0.25) is 0 Å². The summed E-state index contributed by atoms with van der Waals surface area (Å²) in [7, 11) is 3.21. The van der Waals surface area contributed by atoms with E-state index in [9.17, 15) is 9.59 Å². The minimum Gasteiger partial charge on any atom is -0.497 e. The Balaban J connectivity index is 1.82. The lowest BCUT2D eigenvalue weighted by Crippen LogP contribution is -2.32. The van der Waals surface area contributed by atoms with Crippen LogP contribution in [0.1, 0.15) is 37.3 Å². The summed E-state index contributed by atoms with van der Waals surface area (Å²) in [6, 6.07) is 15.3. The van der Waals surface area contributed by atoms with E-state index in [1.807, 2.05) is 30.3 Å². The van der Waals surface area contributed by atoms with Gasteiger partial charge in [-0.05, 0) is 41.7 Å². The molecule has 34 heavy (non-hydrogen) atoms. The summed E-state index contributed by atoms with van der Waals surface area (Å²) < 4.78 is 10.3. The van der Waals surface area contributed by atoms with E-state index in [-0.39, 0.29) is 17.6 Å². The third-order valence-electron chi connectivity index (χ3n) is 5.23. The number of carbonyl (C=O) groups is 2. The van der Waals surface area contributed by atoms with Gasteiger partial charge < -0.3 is 14.8 Å². The summed E-state index contributed by atoms with van der Waals surface area (Å²) in [6.45, 7) is 5.41. The molecule has 0 bridgehead atoms. The number of rotatable bonds is 10. The predicted molar refractivity (Wildman–Crippen MR) is 138 cm³/mol. The molecule has 1 heterocycles. The van der Waals surface area contributed by atoms with Crippen LogP contribution in [0.5, 0.6) is 5.75 Å². The maximum Gasteiger partial charge on any atom is 0.283 e. The Bertz CT molecular complexity index is 1060. The largest absolute Gasteiger partial charge is 0.497 e. The molecule has 0 radical (unpaired) electrons. The summed E-state index contributed by atoms with van der Waals surface area (Å²) in [5, 5.41) is 3.31. The molecule has 2 aromatic carbocycles. The molecule has 1 aliphatic rings. The van der Waals surface area contributed by atoms with Crippen LogP contribution in [-0.4, -0.2) is 50.1 Å². The van der Waals surface area contributed by atoms with Crippen molar-refractivity contribution in [1.29, 1.82) is 0 Å². The van der Waals surface area contributed by atoms with Crippen molar-refractivity contribution in [1.82, 2.24) is 5.32 Å². The van der Waals surface area contributed by atoms with Gasteiger partial charge in [0.1, 0.15) is 11.4 Å². The minimum absolute atomic E-state index is 0.122. The van der Waals surface area contributed by atoms with Crippen molar-refractivity contribution in [3.05, 3.63) is 65.4 Å². The first-order chi connectivity index (χ1) is 16.4. The second-order valence-corrected chi connectivity index (χ2v) is 9.01. The van der Waals surface area contributed by atoms with Crippen molar-refractivity contribution < 1.29 is 19.1 Å². The third-order valence-corrected chi connectivity index (χ3v) is 6.17. The van der Waals surface area contributed by atoms with Gasteiger partial charge in [0.2, 0.25) is 5.91 Å². The Labute approximate surface area is 205 Å². The van der Waals surface area contributed by atoms with Crippen LogP contribution < -0.4 is 15.0 Å². The zero-order chi connectivity index (χ0) is 24.5. The van der Waals surface area contributed by atoms with Crippen molar-refractivity contribution in [2.24, 2.45) is 4.99 Å². The van der Waals surface area contributed by atoms with Crippen LogP contribution >= 0.6 is 11.8 Å². The second-order valence-electron chi connectivity index (χ2n) is 8.07. The maximum atomic E-state index is 13.4. The monoisotopic (exact) mass is 481 g/mol. The summed E-state index contributed by atoms with van der Waals surface area (Å²) >= 11 is 1.23. The van der Waals surface area contributed by atoms with E-state index < -0.39 is 0 Å². The highest BCUT2D eigenvalue weighted by Crippen LogP contribution is 2.31. The van der Waals surface area contributed by atoms with Crippen LogP contribution in [0, 0.1) is 0 Å². The fourth-order valence-electron chi connectivity index (χ4n) is 3.33. The highest BCUT2D eigenvalue weighted by molar-refractivity contribution is 8.14. The van der Waals surface area contributed by atoms with Crippen molar-refractivity contribution >= 4 is 40.5 Å². The maximum absolute atomic E-state index is 13.4. The zero-order valence-corrected chi connectivity index (χ0v) is 20.9. The molecule has 1 aliphatic heterocycles. The van der Waals surface area contributed by atoms with Crippen molar-refractivity contribution in [2.45, 2.75) is 26.2 Å². The summed E-state index contributed by atoms with van der Waals surface area (Å²) in [6.07, 6.45) is 2.52. The number of ether oxygens (including phenoxy) is 2. The molecule has 3 rings (SSSR count). The first-order valence-electron chi connectivity index (χ1n) is 11.2. The van der Waals surface area contributed by atoms with Crippen LogP contribution in [0.15, 0.2) is 59.2 Å². The third kappa shape index (κ3) is 6.71. The number of amidine groups is 1. The highest BCUT2D eigenvalue weighted by atomic mass is 32.2. The average Bonchev–Trinajstić information content (AvgIpc) is 3.15. The lowest BCUT2D eigenvalue weighted by molar-refractivity contribution is -0.118. The lowest BCUT2D eigenvalue weighted by Gasteiger charge is -2.18. The number of nitrogens with zero attached hydrogens (tertiary/aromatic N) is 2. The van der Waals surface area contributed by atoms with Crippen LogP contribution in [0.3, 0.4) is 0 Å². The molecular weight excluding hydrogens is 450 g/mol. The van der Waals surface area contributed by atoms with E-state index in [0.29, 0.717) is 41.4 Å². The van der Waals surface area contributed by atoms with Gasteiger partial charge in [0.05, 0.1) is 18.6 Å². The van der Waals surface area contributed by atoms with E-state index in [1.165, 1.54) is 22.2 Å². The normalized spacial score (nSPS) is 14.6. The lowest BCUT2D eigenvalue weighted by atomic mass is 10.0. The van der Waals surface area contributed by atoms with Gasteiger partial charge in [-0.15, -0.1) is 0 Å². The van der Waals surface area contributed by atoms with E-state index in [1.54, 1.807) is 26.4 Å². The molecule has 0 atom stereocenters. The Kier molecular flexibility index (Phi) is 9.30. The fraction of sp³-hybridized carbons (Fsp3) is 0.346. The predicted octanol–water partition coefficient (Wildman–Crippen LogP) is 4.45. The molecule has 180 valence electrons. The topological polar surface area (TPSA) is 80.2 Å². The first-order valence-corrected chi connectivity index (χ1v) is 12.2. The van der Waals surface area contributed by atoms with Crippen LogP contribution in [0.4, 0.5) is 5.69 Å². The van der Waals surface area contributed by atoms with Crippen molar-refractivity contribution in [2.75, 3.05) is 38.0 Å². The molecule has 8 heteroatoms. The molecule has 0 unspecified atom stereocenters. The van der Waals surface area contributed by atoms with Gasteiger partial charge in [0.15, 0.2) is 5.17 Å². The van der Waals surface area contributed by atoms with E-state index in [4.69, 9.17) is 9.47 Å². The number of carbonyl (C=O) groups excluding carboxylic acids is 2. The number of benzene rings is 2. The molecule has 0 saturated carbocycles. The summed E-state index contributed by atoms with van der Waals surface area (Å²) in [5.41, 5.74) is 3.08. The van der Waals surface area contributed by atoms with Gasteiger partial charge >= 0.3 is 0 Å². The molecule has 1 N–H and O–H groups in total. The first kappa shape index (κ1) is 25.5. The van der Waals surface area contributed by atoms with Gasteiger partial charge in [-0.25, -0.2) is 4.99 Å². The van der Waals surface area contributed by atoms with Gasteiger partial charge in [-0.3, -0.25) is 14.5 Å². The van der Waals surface area contributed by atoms with Crippen molar-refractivity contribution in [3.8, 4) is 5.75 Å². The molecular formula is C26H31N3O4S. The number of hydrogen-bond donors (Lipinski definition) is 1. The average molecular weight is 482 g/mol. The number of aliphatic imine (C=N–C) groups is 1. The van der Waals surface area contributed by atoms with Crippen LogP contribution in [0.25, 0.3) is 6.08 Å². The Morgan fingerprint density at radius 2 is 1.94 bits per heavy atom. The van der Waals surface area contributed by atoms with E-state index in [2.05, 4.69) is 36.3 Å². The van der Waals surface area contributed by atoms with E-state index >= 15 is 0 Å². The minimum atomic E-state index is -0.246. The smallest absolute Gasteiger partial charge is 0.283 e. The fourth-order valence-corrected chi connectivity index (χ4v) is 4.17. The number of thioether (sulfide) groups is 1. The number of anilines is 1. The molecule has 2 amide bonds. The molecule has 0 aliphatic carbocycles. The summed E-state index contributed by atoms with van der Waals surface area (Å²) in [4.78, 5) is 31.8. The molecule has 0 fully saturated rings. The van der Waals surface area contributed by atoms with Gasteiger partial charge in [-0.1, -0.05) is 55.9 Å². The van der Waals surface area contributed by atoms with Gasteiger partial charge in [0, 0.05) is 26.3 Å². The molecule has 2 aromatic rings. The Morgan fingerprint density at radius 1 is 1.18 bits per heavy atom. The quantitative estimate of drug-likeness (QED) is 0.401. The standard InChI is InChI=1S/C26H31N3O4S/c1-18(2)20-11-9-19(10-12-20)15-23-25(31)29(21-7-5-8-22(16-21)33-4)26(28-23)34-17-24(30)27-13-6-14-32-3/h5,7-12,15-16,18H,6,13-14,17H2,1-4H3,(H,27,30)/b23-15-. The Morgan fingerprint density at radius 3 is 2.62 bits per heavy atom.